The molecule has 1 heterocycles. The molecule has 2 amide bonds. The van der Waals surface area contributed by atoms with Crippen LogP contribution in [0.25, 0.3) is 0 Å². The minimum atomic E-state index is -0.0422. The summed E-state index contributed by atoms with van der Waals surface area (Å²) < 4.78 is 5.73. The monoisotopic (exact) mass is 361 g/mol. The topological polar surface area (TPSA) is 54.5 Å². The molecule has 6 heteroatoms. The molecule has 1 aromatic carbocycles. The summed E-state index contributed by atoms with van der Waals surface area (Å²) in [5, 5.41) is 5.88. The molecule has 0 fully saturated rings. The standard InChI is InChI=1S/C19H27N3O2S/c1-5-15(4)22(19(23)20-14(2)3)11-16-13-25-18(21-16)12-24-17-9-7-6-8-10-17/h6-10,13-15H,5,11-12H2,1-4H3,(H,20,23)/t15-/m1/s1. The second-order valence-electron chi connectivity index (χ2n) is 6.32. The van der Waals surface area contributed by atoms with Gasteiger partial charge >= 0.3 is 6.03 Å². The van der Waals surface area contributed by atoms with Crippen LogP contribution in [0.2, 0.25) is 0 Å². The number of carbonyl (C=O) groups is 1. The Morgan fingerprint density at radius 2 is 2.00 bits per heavy atom. The highest BCUT2D eigenvalue weighted by Gasteiger charge is 2.21. The number of hydrogen-bond acceptors (Lipinski definition) is 4. The fourth-order valence-corrected chi connectivity index (χ4v) is 3.00. The Morgan fingerprint density at radius 1 is 1.28 bits per heavy atom. The fraction of sp³-hybridized carbons (Fsp3) is 0.474. The average molecular weight is 362 g/mol. The predicted molar refractivity (Wildman–Crippen MR) is 102 cm³/mol. The lowest BCUT2D eigenvalue weighted by atomic mass is 10.2. The van der Waals surface area contributed by atoms with Crippen molar-refractivity contribution in [1.29, 1.82) is 0 Å². The van der Waals surface area contributed by atoms with E-state index in [9.17, 15) is 4.79 Å². The molecule has 0 radical (unpaired) electrons. The largest absolute Gasteiger partial charge is 0.486 e. The summed E-state index contributed by atoms with van der Waals surface area (Å²) in [7, 11) is 0. The highest BCUT2D eigenvalue weighted by atomic mass is 32.1. The van der Waals surface area contributed by atoms with Gasteiger partial charge < -0.3 is 15.0 Å². The second kappa shape index (κ2) is 9.42. The van der Waals surface area contributed by atoms with E-state index >= 15 is 0 Å². The van der Waals surface area contributed by atoms with Gasteiger partial charge in [-0.3, -0.25) is 0 Å². The van der Waals surface area contributed by atoms with Gasteiger partial charge in [-0.05, 0) is 39.3 Å². The van der Waals surface area contributed by atoms with Gasteiger partial charge in [0.05, 0.1) is 12.2 Å². The van der Waals surface area contributed by atoms with Gasteiger partial charge in [-0.2, -0.15) is 0 Å². The Bertz CT molecular complexity index is 658. The smallest absolute Gasteiger partial charge is 0.318 e. The zero-order chi connectivity index (χ0) is 18.2. The highest BCUT2D eigenvalue weighted by Crippen LogP contribution is 2.17. The molecule has 0 unspecified atom stereocenters. The number of thiazole rings is 1. The van der Waals surface area contributed by atoms with Crippen molar-refractivity contribution >= 4 is 17.4 Å². The number of nitrogens with zero attached hydrogens (tertiary/aromatic N) is 2. The Balaban J connectivity index is 1.97. The number of amides is 2. The molecule has 2 rings (SSSR count). The van der Waals surface area contributed by atoms with Crippen molar-refractivity contribution in [1.82, 2.24) is 15.2 Å². The second-order valence-corrected chi connectivity index (χ2v) is 7.27. The van der Waals surface area contributed by atoms with Crippen LogP contribution in [0, 0.1) is 0 Å². The Hall–Kier alpha value is -2.08. The quantitative estimate of drug-likeness (QED) is 0.756. The van der Waals surface area contributed by atoms with Gasteiger partial charge in [0.1, 0.15) is 17.4 Å². The minimum Gasteiger partial charge on any atom is -0.486 e. The molecule has 1 N–H and O–H groups in total. The van der Waals surface area contributed by atoms with Crippen molar-refractivity contribution in [2.45, 2.75) is 59.4 Å². The first kappa shape index (κ1) is 19.2. The van der Waals surface area contributed by atoms with E-state index in [-0.39, 0.29) is 18.1 Å². The van der Waals surface area contributed by atoms with E-state index in [0.717, 1.165) is 22.9 Å². The number of aromatic nitrogens is 1. The maximum absolute atomic E-state index is 12.4. The molecule has 0 saturated carbocycles. The van der Waals surface area contributed by atoms with Crippen LogP contribution >= 0.6 is 11.3 Å². The van der Waals surface area contributed by atoms with Gasteiger partial charge in [-0.25, -0.2) is 9.78 Å². The molecule has 0 aliphatic carbocycles. The minimum absolute atomic E-state index is 0.0422. The van der Waals surface area contributed by atoms with Crippen LogP contribution in [-0.4, -0.2) is 28.0 Å². The number of ether oxygens (including phenoxy) is 1. The third kappa shape index (κ3) is 6.05. The molecule has 0 aliphatic rings. The number of para-hydroxylation sites is 1. The van der Waals surface area contributed by atoms with Crippen LogP contribution in [0.5, 0.6) is 5.75 Å². The molecule has 1 atom stereocenters. The molecule has 0 aliphatic heterocycles. The summed E-state index contributed by atoms with van der Waals surface area (Å²) in [6.07, 6.45) is 0.902. The van der Waals surface area contributed by atoms with Crippen molar-refractivity contribution in [2.24, 2.45) is 0 Å². The van der Waals surface area contributed by atoms with Gasteiger partial charge in [0.25, 0.3) is 0 Å². The summed E-state index contributed by atoms with van der Waals surface area (Å²) in [5.74, 6) is 0.830. The summed E-state index contributed by atoms with van der Waals surface area (Å²) in [6, 6.07) is 9.93. The third-order valence-corrected chi connectivity index (χ3v) is 4.70. The number of hydrogen-bond donors (Lipinski definition) is 1. The lowest BCUT2D eigenvalue weighted by Gasteiger charge is -2.29. The summed E-state index contributed by atoms with van der Waals surface area (Å²) >= 11 is 1.56. The molecular weight excluding hydrogens is 334 g/mol. The molecule has 0 spiro atoms. The van der Waals surface area contributed by atoms with E-state index in [2.05, 4.69) is 24.1 Å². The van der Waals surface area contributed by atoms with Crippen molar-refractivity contribution in [3.8, 4) is 5.75 Å². The molecular formula is C19H27N3O2S. The van der Waals surface area contributed by atoms with Gasteiger partial charge in [0, 0.05) is 17.5 Å². The molecule has 136 valence electrons. The van der Waals surface area contributed by atoms with Crippen LogP contribution in [0.1, 0.15) is 44.8 Å². The average Bonchev–Trinajstić information content (AvgIpc) is 3.05. The summed E-state index contributed by atoms with van der Waals surface area (Å²) in [6.45, 7) is 9.03. The number of rotatable bonds is 8. The lowest BCUT2D eigenvalue weighted by molar-refractivity contribution is 0.170. The van der Waals surface area contributed by atoms with E-state index in [1.807, 2.05) is 54.5 Å². The highest BCUT2D eigenvalue weighted by molar-refractivity contribution is 7.09. The van der Waals surface area contributed by atoms with Crippen molar-refractivity contribution in [3.05, 3.63) is 46.4 Å². The number of carbonyl (C=O) groups excluding carboxylic acids is 1. The molecule has 25 heavy (non-hydrogen) atoms. The van der Waals surface area contributed by atoms with Crippen LogP contribution < -0.4 is 10.1 Å². The van der Waals surface area contributed by atoms with E-state index in [1.165, 1.54) is 0 Å². The first-order chi connectivity index (χ1) is 12.0. The fourth-order valence-electron chi connectivity index (χ4n) is 2.30. The Morgan fingerprint density at radius 3 is 2.64 bits per heavy atom. The predicted octanol–water partition coefficient (Wildman–Crippen LogP) is 4.44. The first-order valence-corrected chi connectivity index (χ1v) is 9.55. The molecule has 5 nitrogen and oxygen atoms in total. The van der Waals surface area contributed by atoms with E-state index in [0.29, 0.717) is 13.2 Å². The number of benzene rings is 1. The van der Waals surface area contributed by atoms with E-state index in [1.54, 1.807) is 11.3 Å². The van der Waals surface area contributed by atoms with Crippen LogP contribution in [0.15, 0.2) is 35.7 Å². The molecule has 2 aromatic rings. The third-order valence-electron chi connectivity index (χ3n) is 3.83. The van der Waals surface area contributed by atoms with Gasteiger partial charge in [0.15, 0.2) is 0 Å². The number of nitrogens with one attached hydrogen (secondary N) is 1. The molecule has 1 aromatic heterocycles. The molecule has 0 saturated heterocycles. The Labute approximate surface area is 154 Å². The van der Waals surface area contributed by atoms with Crippen molar-refractivity contribution in [3.63, 3.8) is 0 Å². The van der Waals surface area contributed by atoms with E-state index in [4.69, 9.17) is 4.74 Å². The maximum atomic E-state index is 12.4. The zero-order valence-corrected chi connectivity index (χ0v) is 16.2. The van der Waals surface area contributed by atoms with Gasteiger partial charge in [0.2, 0.25) is 0 Å². The summed E-state index contributed by atoms with van der Waals surface area (Å²) in [4.78, 5) is 18.9. The molecule has 0 bridgehead atoms. The van der Waals surface area contributed by atoms with Crippen molar-refractivity contribution < 1.29 is 9.53 Å². The van der Waals surface area contributed by atoms with Crippen LogP contribution in [0.3, 0.4) is 0 Å². The summed E-state index contributed by atoms with van der Waals surface area (Å²) in [5.41, 5.74) is 0.899. The number of urea groups is 1. The van der Waals surface area contributed by atoms with E-state index < -0.39 is 0 Å². The van der Waals surface area contributed by atoms with Gasteiger partial charge in [-0.1, -0.05) is 25.1 Å². The zero-order valence-electron chi connectivity index (χ0n) is 15.4. The lowest BCUT2D eigenvalue weighted by Crippen LogP contribution is -2.46. The Kier molecular flexibility index (Phi) is 7.25. The van der Waals surface area contributed by atoms with Crippen LogP contribution in [0.4, 0.5) is 4.79 Å². The van der Waals surface area contributed by atoms with Crippen molar-refractivity contribution in [2.75, 3.05) is 0 Å². The van der Waals surface area contributed by atoms with Crippen LogP contribution in [-0.2, 0) is 13.2 Å². The maximum Gasteiger partial charge on any atom is 0.318 e. The normalized spacial score (nSPS) is 12.0. The SMILES string of the molecule is CC[C@@H](C)N(Cc1csc(COc2ccccc2)n1)C(=O)NC(C)C. The first-order valence-electron chi connectivity index (χ1n) is 8.67. The van der Waals surface area contributed by atoms with Gasteiger partial charge in [-0.15, -0.1) is 11.3 Å².